The van der Waals surface area contributed by atoms with Gasteiger partial charge in [0.2, 0.25) is 5.91 Å². The van der Waals surface area contributed by atoms with Crippen molar-refractivity contribution in [1.29, 1.82) is 0 Å². The molecule has 0 N–H and O–H groups in total. The smallest absolute Gasteiger partial charge is 0.233 e. The maximum absolute atomic E-state index is 13.2. The number of ether oxygens (including phenoxy) is 1. The largest absolute Gasteiger partial charge is 0.376 e. The number of hydrogen-bond donors (Lipinski definition) is 0. The average molecular weight is 433 g/mol. The number of anilines is 1. The van der Waals surface area contributed by atoms with E-state index in [1.165, 1.54) is 16.2 Å². The fourth-order valence-corrected chi connectivity index (χ4v) is 5.01. The van der Waals surface area contributed by atoms with Crippen molar-refractivity contribution in [3.05, 3.63) is 53.1 Å². The van der Waals surface area contributed by atoms with Gasteiger partial charge in [-0.2, -0.15) is 0 Å². The topological polar surface area (TPSA) is 42.4 Å². The molecule has 3 aromatic rings. The fraction of sp³-hybridized carbons (Fsp3) is 0.333. The molecule has 1 atom stereocenters. The number of hydrogen-bond acceptors (Lipinski definition) is 5. The van der Waals surface area contributed by atoms with E-state index in [2.05, 4.69) is 17.1 Å². The lowest BCUT2D eigenvalue weighted by Crippen LogP contribution is -2.38. The molecule has 1 aliphatic heterocycles. The van der Waals surface area contributed by atoms with Crippen molar-refractivity contribution in [2.45, 2.75) is 30.3 Å². The monoisotopic (exact) mass is 432 g/mol. The molecule has 1 fully saturated rings. The van der Waals surface area contributed by atoms with Crippen LogP contribution in [-0.4, -0.2) is 36.4 Å². The highest BCUT2D eigenvalue weighted by Gasteiger charge is 2.26. The van der Waals surface area contributed by atoms with Crippen LogP contribution in [0.4, 0.5) is 5.13 Å². The van der Waals surface area contributed by atoms with Gasteiger partial charge >= 0.3 is 0 Å². The number of benzene rings is 2. The van der Waals surface area contributed by atoms with E-state index in [4.69, 9.17) is 16.3 Å². The zero-order valence-corrected chi connectivity index (χ0v) is 17.9. The Kier molecular flexibility index (Phi) is 6.21. The van der Waals surface area contributed by atoms with Crippen LogP contribution in [0.25, 0.3) is 10.2 Å². The number of rotatable bonds is 6. The van der Waals surface area contributed by atoms with E-state index < -0.39 is 0 Å². The number of carbonyl (C=O) groups excluding carboxylic acids is 1. The summed E-state index contributed by atoms with van der Waals surface area (Å²) in [5, 5.41) is 1.29. The molecule has 28 heavy (non-hydrogen) atoms. The van der Waals surface area contributed by atoms with E-state index in [9.17, 15) is 4.79 Å². The Morgan fingerprint density at radius 1 is 1.32 bits per heavy atom. The molecule has 1 aliphatic rings. The third kappa shape index (κ3) is 4.35. The average Bonchev–Trinajstić information content (AvgIpc) is 3.37. The van der Waals surface area contributed by atoms with E-state index in [1.54, 1.807) is 16.7 Å². The Bertz CT molecular complexity index is 968. The Labute approximate surface area is 177 Å². The zero-order valence-electron chi connectivity index (χ0n) is 15.6. The Morgan fingerprint density at radius 2 is 2.14 bits per heavy atom. The summed E-state index contributed by atoms with van der Waals surface area (Å²) in [6, 6.07) is 13.9. The van der Waals surface area contributed by atoms with Crippen molar-refractivity contribution < 1.29 is 9.53 Å². The van der Waals surface area contributed by atoms with Crippen molar-refractivity contribution in [3.8, 4) is 0 Å². The van der Waals surface area contributed by atoms with Crippen molar-refractivity contribution in [2.75, 3.05) is 24.3 Å². The van der Waals surface area contributed by atoms with Gasteiger partial charge in [-0.25, -0.2) is 4.98 Å². The van der Waals surface area contributed by atoms with Gasteiger partial charge in [-0.3, -0.25) is 9.69 Å². The standard InChI is InChI=1S/C21H21ClN2O2S2/c1-27-16-9-7-14(8-10-16)12-19(25)24(13-15-4-3-11-26-15)21-23-20-17(22)5-2-6-18(20)28-21/h2,5-10,15H,3-4,11-13H2,1H3/t15-/m1/s1. The van der Waals surface area contributed by atoms with Gasteiger partial charge in [0.1, 0.15) is 5.52 Å². The SMILES string of the molecule is CSc1ccc(CC(=O)N(C[C@H]2CCCO2)c2nc3c(Cl)cccc3s2)cc1. The molecule has 1 aromatic heterocycles. The predicted molar refractivity (Wildman–Crippen MR) is 118 cm³/mol. The summed E-state index contributed by atoms with van der Waals surface area (Å²) in [6.45, 7) is 1.29. The highest BCUT2D eigenvalue weighted by molar-refractivity contribution is 7.98. The van der Waals surface area contributed by atoms with Gasteiger partial charge in [-0.05, 0) is 48.9 Å². The second kappa shape index (κ2) is 8.82. The summed E-state index contributed by atoms with van der Waals surface area (Å²) >= 11 is 9.49. The molecule has 2 heterocycles. The van der Waals surface area contributed by atoms with Crippen LogP contribution in [0.15, 0.2) is 47.4 Å². The maximum atomic E-state index is 13.2. The molecular weight excluding hydrogens is 412 g/mol. The predicted octanol–water partition coefficient (Wildman–Crippen LogP) is 5.43. The van der Waals surface area contributed by atoms with Crippen LogP contribution >= 0.6 is 34.7 Å². The van der Waals surface area contributed by atoms with Gasteiger partial charge in [0, 0.05) is 11.5 Å². The third-order valence-corrected chi connectivity index (χ3v) is 6.91. The molecule has 4 nitrogen and oxygen atoms in total. The molecular formula is C21H21ClN2O2S2. The van der Waals surface area contributed by atoms with Crippen molar-refractivity contribution in [1.82, 2.24) is 4.98 Å². The minimum Gasteiger partial charge on any atom is -0.376 e. The molecule has 146 valence electrons. The quantitative estimate of drug-likeness (QED) is 0.487. The molecule has 2 aromatic carbocycles. The van der Waals surface area contributed by atoms with Gasteiger partial charge in [-0.15, -0.1) is 11.8 Å². The summed E-state index contributed by atoms with van der Waals surface area (Å²) in [4.78, 5) is 20.9. The highest BCUT2D eigenvalue weighted by atomic mass is 35.5. The van der Waals surface area contributed by atoms with Gasteiger partial charge in [0.25, 0.3) is 0 Å². The first-order chi connectivity index (χ1) is 13.6. The van der Waals surface area contributed by atoms with Crippen LogP contribution in [0.3, 0.4) is 0 Å². The number of carbonyl (C=O) groups is 1. The molecule has 7 heteroatoms. The number of nitrogens with zero attached hydrogens (tertiary/aromatic N) is 2. The number of thiazole rings is 1. The Hall–Kier alpha value is -1.60. The molecule has 0 saturated carbocycles. The summed E-state index contributed by atoms with van der Waals surface area (Å²) < 4.78 is 6.77. The molecule has 4 rings (SSSR count). The Morgan fingerprint density at radius 3 is 2.82 bits per heavy atom. The lowest BCUT2D eigenvalue weighted by Gasteiger charge is -2.23. The van der Waals surface area contributed by atoms with Gasteiger partial charge in [-0.1, -0.05) is 41.1 Å². The number of fused-ring (bicyclic) bond motifs is 1. The minimum atomic E-state index is 0.0302. The normalized spacial score (nSPS) is 16.6. The highest BCUT2D eigenvalue weighted by Crippen LogP contribution is 2.33. The number of para-hydroxylation sites is 1. The zero-order chi connectivity index (χ0) is 19.5. The van der Waals surface area contributed by atoms with Crippen LogP contribution < -0.4 is 4.90 Å². The van der Waals surface area contributed by atoms with E-state index in [1.807, 2.05) is 36.6 Å². The third-order valence-electron chi connectivity index (χ3n) is 4.82. The molecule has 0 aliphatic carbocycles. The van der Waals surface area contributed by atoms with Gasteiger partial charge in [0.05, 0.1) is 28.8 Å². The summed E-state index contributed by atoms with van der Waals surface area (Å²) in [6.07, 6.45) is 4.45. The molecule has 1 amide bonds. The van der Waals surface area contributed by atoms with Crippen molar-refractivity contribution in [2.24, 2.45) is 0 Å². The summed E-state index contributed by atoms with van der Waals surface area (Å²) in [7, 11) is 0. The molecule has 0 radical (unpaired) electrons. The summed E-state index contributed by atoms with van der Waals surface area (Å²) in [5.41, 5.74) is 1.75. The second-order valence-electron chi connectivity index (χ2n) is 6.75. The molecule has 0 spiro atoms. The van der Waals surface area contributed by atoms with E-state index in [-0.39, 0.29) is 12.0 Å². The molecule has 0 unspecified atom stereocenters. The van der Waals surface area contributed by atoms with Crippen molar-refractivity contribution in [3.63, 3.8) is 0 Å². The van der Waals surface area contributed by atoms with Gasteiger partial charge in [0.15, 0.2) is 5.13 Å². The molecule has 1 saturated heterocycles. The Balaban J connectivity index is 1.61. The minimum absolute atomic E-state index is 0.0302. The number of amides is 1. The van der Waals surface area contributed by atoms with E-state index in [0.29, 0.717) is 23.1 Å². The lowest BCUT2D eigenvalue weighted by atomic mass is 10.1. The first kappa shape index (κ1) is 19.7. The number of thioether (sulfide) groups is 1. The second-order valence-corrected chi connectivity index (χ2v) is 9.04. The number of halogens is 1. The first-order valence-corrected chi connectivity index (χ1v) is 11.7. The maximum Gasteiger partial charge on any atom is 0.233 e. The van der Waals surface area contributed by atoms with Crippen molar-refractivity contribution >= 4 is 56.0 Å². The van der Waals surface area contributed by atoms with E-state index >= 15 is 0 Å². The van der Waals surface area contributed by atoms with Crippen LogP contribution in [-0.2, 0) is 16.0 Å². The molecule has 0 bridgehead atoms. The van der Waals surface area contributed by atoms with Crippen LogP contribution in [0.2, 0.25) is 5.02 Å². The van der Waals surface area contributed by atoms with Crippen LogP contribution in [0.5, 0.6) is 0 Å². The van der Waals surface area contributed by atoms with Crippen LogP contribution in [0.1, 0.15) is 18.4 Å². The number of aromatic nitrogens is 1. The van der Waals surface area contributed by atoms with E-state index in [0.717, 1.165) is 35.2 Å². The fourth-order valence-electron chi connectivity index (χ4n) is 3.31. The first-order valence-electron chi connectivity index (χ1n) is 9.24. The summed E-state index contributed by atoms with van der Waals surface area (Å²) in [5.74, 6) is 0.0302. The van der Waals surface area contributed by atoms with Gasteiger partial charge < -0.3 is 4.74 Å². The van der Waals surface area contributed by atoms with Crippen LogP contribution in [0, 0.1) is 0 Å². The lowest BCUT2D eigenvalue weighted by molar-refractivity contribution is -0.118.